The number of nitrogen functional groups attached to an aromatic ring is 1. The maximum absolute atomic E-state index is 6.21. The van der Waals surface area contributed by atoms with Gasteiger partial charge in [-0.15, -0.1) is 0 Å². The summed E-state index contributed by atoms with van der Waals surface area (Å²) in [6, 6.07) is 0. The van der Waals surface area contributed by atoms with Gasteiger partial charge in [0.1, 0.15) is 0 Å². The monoisotopic (exact) mass is 253 g/mol. The molecule has 0 fully saturated rings. The largest absolute Gasteiger partial charge is 0.396 e. The van der Waals surface area contributed by atoms with Gasteiger partial charge in [-0.1, -0.05) is 11.6 Å². The molecule has 2 rings (SSSR count). The first-order valence-electron chi connectivity index (χ1n) is 5.39. The van der Waals surface area contributed by atoms with Crippen LogP contribution in [0.5, 0.6) is 0 Å². The molecule has 92 valence electrons. The van der Waals surface area contributed by atoms with Crippen LogP contribution in [0.3, 0.4) is 0 Å². The van der Waals surface area contributed by atoms with Crippen LogP contribution in [0.15, 0.2) is 0 Å². The van der Waals surface area contributed by atoms with Gasteiger partial charge in [0.15, 0.2) is 0 Å². The molecule has 5 nitrogen and oxygen atoms in total. The number of nitrogens with zero attached hydrogens (tertiary/aromatic N) is 4. The van der Waals surface area contributed by atoms with E-state index in [1.165, 1.54) is 0 Å². The molecular formula is C11H16ClN5. The van der Waals surface area contributed by atoms with Crippen molar-refractivity contribution in [3.8, 4) is 0 Å². The summed E-state index contributed by atoms with van der Waals surface area (Å²) in [4.78, 5) is 0. The summed E-state index contributed by atoms with van der Waals surface area (Å²) < 4.78 is 3.64. The lowest BCUT2D eigenvalue weighted by Crippen LogP contribution is -2.09. The molecule has 0 aliphatic carbocycles. The number of hydrogen-bond donors (Lipinski definition) is 1. The lowest BCUT2D eigenvalue weighted by Gasteiger charge is -2.05. The number of anilines is 1. The fourth-order valence-corrected chi connectivity index (χ4v) is 2.08. The minimum atomic E-state index is 0.583. The molecular weight excluding hydrogens is 238 g/mol. The summed E-state index contributed by atoms with van der Waals surface area (Å²) in [6.07, 6.45) is 0. The molecule has 0 amide bonds. The van der Waals surface area contributed by atoms with E-state index < -0.39 is 0 Å². The lowest BCUT2D eigenvalue weighted by molar-refractivity contribution is 0.604. The van der Waals surface area contributed by atoms with Crippen LogP contribution >= 0.6 is 11.6 Å². The molecule has 0 aliphatic heterocycles. The van der Waals surface area contributed by atoms with E-state index in [9.17, 15) is 0 Å². The predicted molar refractivity (Wildman–Crippen MR) is 68.2 cm³/mol. The highest BCUT2D eigenvalue weighted by molar-refractivity contribution is 6.31. The van der Waals surface area contributed by atoms with Gasteiger partial charge >= 0.3 is 0 Å². The maximum atomic E-state index is 6.21. The van der Waals surface area contributed by atoms with E-state index in [4.69, 9.17) is 17.3 Å². The number of rotatable bonds is 2. The molecule has 2 aromatic rings. The van der Waals surface area contributed by atoms with Crippen LogP contribution in [0, 0.1) is 20.8 Å². The highest BCUT2D eigenvalue weighted by Crippen LogP contribution is 2.22. The first kappa shape index (κ1) is 12.0. The zero-order valence-corrected chi connectivity index (χ0v) is 11.2. The van der Waals surface area contributed by atoms with Gasteiger partial charge in [-0.05, 0) is 20.8 Å². The van der Waals surface area contributed by atoms with Gasteiger partial charge in [-0.3, -0.25) is 9.36 Å². The quantitative estimate of drug-likeness (QED) is 0.888. The Balaban J connectivity index is 2.41. The molecule has 6 heteroatoms. The van der Waals surface area contributed by atoms with Crippen molar-refractivity contribution in [3.63, 3.8) is 0 Å². The van der Waals surface area contributed by atoms with Crippen LogP contribution in [-0.2, 0) is 13.6 Å². The van der Waals surface area contributed by atoms with Crippen molar-refractivity contribution in [2.75, 3.05) is 5.73 Å². The van der Waals surface area contributed by atoms with Crippen LogP contribution in [0.25, 0.3) is 0 Å². The number of hydrogen-bond acceptors (Lipinski definition) is 3. The summed E-state index contributed by atoms with van der Waals surface area (Å²) in [5, 5.41) is 9.36. The second-order valence-electron chi connectivity index (χ2n) is 4.21. The van der Waals surface area contributed by atoms with E-state index in [0.717, 1.165) is 28.5 Å². The van der Waals surface area contributed by atoms with E-state index in [1.807, 2.05) is 32.5 Å². The fraction of sp³-hybridized carbons (Fsp3) is 0.455. The van der Waals surface area contributed by atoms with Crippen molar-refractivity contribution in [1.29, 1.82) is 0 Å². The summed E-state index contributed by atoms with van der Waals surface area (Å²) in [6.45, 7) is 6.32. The van der Waals surface area contributed by atoms with E-state index >= 15 is 0 Å². The SMILES string of the molecule is Cc1nn(Cc2c(Cl)c(C)nn2C)c(C)c1N. The third-order valence-electron chi connectivity index (χ3n) is 3.00. The van der Waals surface area contributed by atoms with Crippen LogP contribution < -0.4 is 5.73 Å². The lowest BCUT2D eigenvalue weighted by atomic mass is 10.3. The van der Waals surface area contributed by atoms with Crippen LogP contribution in [0.2, 0.25) is 5.02 Å². The van der Waals surface area contributed by atoms with Gasteiger partial charge in [0.2, 0.25) is 0 Å². The van der Waals surface area contributed by atoms with Crippen molar-refractivity contribution < 1.29 is 0 Å². The molecule has 0 spiro atoms. The van der Waals surface area contributed by atoms with Gasteiger partial charge in [0, 0.05) is 7.05 Å². The molecule has 17 heavy (non-hydrogen) atoms. The Kier molecular flexibility index (Phi) is 2.87. The molecule has 2 heterocycles. The molecule has 0 atom stereocenters. The normalized spacial score (nSPS) is 11.1. The Labute approximate surface area is 105 Å². The maximum Gasteiger partial charge on any atom is 0.0866 e. The molecule has 0 bridgehead atoms. The van der Waals surface area contributed by atoms with Crippen molar-refractivity contribution in [3.05, 3.63) is 27.8 Å². The number of nitrogens with two attached hydrogens (primary N) is 1. The molecule has 0 saturated heterocycles. The Morgan fingerprint density at radius 3 is 2.24 bits per heavy atom. The summed E-state index contributed by atoms with van der Waals surface area (Å²) in [5.41, 5.74) is 10.2. The summed E-state index contributed by atoms with van der Waals surface area (Å²) in [5.74, 6) is 0. The topological polar surface area (TPSA) is 61.7 Å². The first-order valence-corrected chi connectivity index (χ1v) is 5.77. The van der Waals surface area contributed by atoms with E-state index in [0.29, 0.717) is 11.6 Å². The van der Waals surface area contributed by atoms with E-state index in [2.05, 4.69) is 10.2 Å². The van der Waals surface area contributed by atoms with Crippen molar-refractivity contribution in [1.82, 2.24) is 19.6 Å². The third-order valence-corrected chi connectivity index (χ3v) is 3.49. The average Bonchev–Trinajstić information content (AvgIpc) is 2.65. The number of aryl methyl sites for hydroxylation is 3. The minimum absolute atomic E-state index is 0.583. The fourth-order valence-electron chi connectivity index (χ4n) is 1.86. The van der Waals surface area contributed by atoms with Gasteiger partial charge in [0.05, 0.1) is 40.0 Å². The molecule has 0 radical (unpaired) electrons. The highest BCUT2D eigenvalue weighted by Gasteiger charge is 2.14. The van der Waals surface area contributed by atoms with Gasteiger partial charge in [-0.2, -0.15) is 10.2 Å². The van der Waals surface area contributed by atoms with Gasteiger partial charge < -0.3 is 5.73 Å². The second-order valence-corrected chi connectivity index (χ2v) is 4.59. The van der Waals surface area contributed by atoms with Crippen molar-refractivity contribution >= 4 is 17.3 Å². The van der Waals surface area contributed by atoms with Crippen LogP contribution in [0.1, 0.15) is 22.8 Å². The van der Waals surface area contributed by atoms with E-state index in [1.54, 1.807) is 4.68 Å². The van der Waals surface area contributed by atoms with Crippen molar-refractivity contribution in [2.24, 2.45) is 7.05 Å². The molecule has 0 aliphatic rings. The number of aromatic nitrogens is 4. The summed E-state index contributed by atoms with van der Waals surface area (Å²) >= 11 is 6.21. The standard InChI is InChI=1S/C11H16ClN5/c1-6-10(12)9(16(4)14-6)5-17-8(3)11(13)7(2)15-17/h5,13H2,1-4H3. The van der Waals surface area contributed by atoms with Gasteiger partial charge in [0.25, 0.3) is 0 Å². The van der Waals surface area contributed by atoms with Crippen LogP contribution in [0.4, 0.5) is 5.69 Å². The second kappa shape index (κ2) is 4.07. The van der Waals surface area contributed by atoms with Crippen LogP contribution in [-0.4, -0.2) is 19.6 Å². The molecule has 0 unspecified atom stereocenters. The molecule has 2 aromatic heterocycles. The highest BCUT2D eigenvalue weighted by atomic mass is 35.5. The average molecular weight is 254 g/mol. The zero-order chi connectivity index (χ0) is 12.7. The van der Waals surface area contributed by atoms with Gasteiger partial charge in [-0.25, -0.2) is 0 Å². The molecule has 0 aromatic carbocycles. The Bertz CT molecular complexity index is 567. The summed E-state index contributed by atoms with van der Waals surface area (Å²) in [7, 11) is 1.88. The Morgan fingerprint density at radius 1 is 1.18 bits per heavy atom. The minimum Gasteiger partial charge on any atom is -0.396 e. The zero-order valence-electron chi connectivity index (χ0n) is 10.5. The molecule has 2 N–H and O–H groups in total. The first-order chi connectivity index (χ1) is 7.91. The third kappa shape index (κ3) is 1.91. The Hall–Kier alpha value is -1.49. The van der Waals surface area contributed by atoms with Crippen molar-refractivity contribution in [2.45, 2.75) is 27.3 Å². The predicted octanol–water partition coefficient (Wildman–Crippen LogP) is 1.83. The number of halogens is 1. The Morgan fingerprint density at radius 2 is 1.82 bits per heavy atom. The smallest absolute Gasteiger partial charge is 0.0866 e. The molecule has 0 saturated carbocycles. The van der Waals surface area contributed by atoms with E-state index in [-0.39, 0.29) is 0 Å².